The lowest BCUT2D eigenvalue weighted by Gasteiger charge is -2.07. The predicted octanol–water partition coefficient (Wildman–Crippen LogP) is 5.54. The van der Waals surface area contributed by atoms with Crippen LogP contribution >= 0.6 is 23.5 Å². The van der Waals surface area contributed by atoms with Crippen molar-refractivity contribution in [1.82, 2.24) is 14.8 Å². The van der Waals surface area contributed by atoms with Crippen LogP contribution in [0.5, 0.6) is 5.75 Å². The first-order valence-corrected chi connectivity index (χ1v) is 11.5. The fraction of sp³-hybridized carbons (Fsp3) is 0.364. The highest BCUT2D eigenvalue weighted by atomic mass is 32.2. The van der Waals surface area contributed by atoms with Gasteiger partial charge in [0.1, 0.15) is 11.6 Å². The number of benzene rings is 2. The van der Waals surface area contributed by atoms with Crippen LogP contribution in [0.15, 0.2) is 58.6 Å². The Hall–Kier alpha value is -1.92. The quantitative estimate of drug-likeness (QED) is 0.322. The molecule has 2 aromatic carbocycles. The molecule has 0 bridgehead atoms. The van der Waals surface area contributed by atoms with E-state index in [-0.39, 0.29) is 0 Å². The van der Waals surface area contributed by atoms with Crippen molar-refractivity contribution >= 4 is 23.5 Å². The van der Waals surface area contributed by atoms with Gasteiger partial charge in [-0.2, -0.15) is 0 Å². The minimum atomic E-state index is 0.715. The normalized spacial score (nSPS) is 11.0. The van der Waals surface area contributed by atoms with E-state index in [1.54, 1.807) is 23.5 Å². The smallest absolute Gasteiger partial charge is 0.190 e. The van der Waals surface area contributed by atoms with Gasteiger partial charge in [-0.3, -0.25) is 0 Å². The predicted molar refractivity (Wildman–Crippen MR) is 118 cm³/mol. The molecule has 4 nitrogen and oxygen atoms in total. The molecule has 1 heterocycles. The second-order valence-electron chi connectivity index (χ2n) is 6.61. The number of aryl methyl sites for hydroxylation is 2. The molecule has 0 saturated carbocycles. The van der Waals surface area contributed by atoms with Gasteiger partial charge in [-0.1, -0.05) is 48.5 Å². The van der Waals surface area contributed by atoms with Crippen LogP contribution in [-0.2, 0) is 19.2 Å². The molecule has 3 rings (SSSR count). The molecule has 0 amide bonds. The number of hydrogen-bond donors (Lipinski definition) is 0. The van der Waals surface area contributed by atoms with E-state index in [0.29, 0.717) is 6.61 Å². The fourth-order valence-electron chi connectivity index (χ4n) is 2.61. The molecule has 0 fully saturated rings. The molecule has 3 aromatic rings. The van der Waals surface area contributed by atoms with Crippen molar-refractivity contribution in [2.45, 2.75) is 42.5 Å². The molecule has 0 aliphatic carbocycles. The van der Waals surface area contributed by atoms with Crippen LogP contribution in [-0.4, -0.2) is 27.1 Å². The lowest BCUT2D eigenvalue weighted by atomic mass is 10.2. The average molecular weight is 414 g/mol. The number of ether oxygens (including phenoxy) is 1. The highest BCUT2D eigenvalue weighted by Gasteiger charge is 2.09. The average Bonchev–Trinajstić information content (AvgIpc) is 3.07. The maximum Gasteiger partial charge on any atom is 0.190 e. The van der Waals surface area contributed by atoms with Crippen molar-refractivity contribution in [3.63, 3.8) is 0 Å². The van der Waals surface area contributed by atoms with Crippen LogP contribution < -0.4 is 4.74 Å². The SMILES string of the molecule is CCc1ccc(OCCCSc2nnc(CSc3ccc(C)cc3)n2C)cc1. The third-order valence-electron chi connectivity index (χ3n) is 4.43. The lowest BCUT2D eigenvalue weighted by molar-refractivity contribution is 0.318. The van der Waals surface area contributed by atoms with E-state index in [0.717, 1.165) is 41.1 Å². The molecule has 0 spiro atoms. The lowest BCUT2D eigenvalue weighted by Crippen LogP contribution is -2.01. The molecular formula is C22H27N3OS2. The largest absolute Gasteiger partial charge is 0.494 e. The van der Waals surface area contributed by atoms with E-state index in [2.05, 4.69) is 65.0 Å². The maximum absolute atomic E-state index is 5.82. The van der Waals surface area contributed by atoms with Crippen molar-refractivity contribution in [1.29, 1.82) is 0 Å². The summed E-state index contributed by atoms with van der Waals surface area (Å²) in [5, 5.41) is 9.65. The van der Waals surface area contributed by atoms with E-state index in [4.69, 9.17) is 4.74 Å². The molecule has 0 aliphatic heterocycles. The molecule has 28 heavy (non-hydrogen) atoms. The van der Waals surface area contributed by atoms with Crippen LogP contribution in [0, 0.1) is 6.92 Å². The van der Waals surface area contributed by atoms with Gasteiger partial charge in [0.05, 0.1) is 12.4 Å². The van der Waals surface area contributed by atoms with Gasteiger partial charge in [-0.15, -0.1) is 22.0 Å². The third kappa shape index (κ3) is 6.04. The molecule has 0 N–H and O–H groups in total. The van der Waals surface area contributed by atoms with Gasteiger partial charge in [0, 0.05) is 17.7 Å². The Morgan fingerprint density at radius 2 is 1.71 bits per heavy atom. The number of thioether (sulfide) groups is 2. The van der Waals surface area contributed by atoms with Crippen LogP contribution in [0.1, 0.15) is 30.3 Å². The van der Waals surface area contributed by atoms with E-state index in [1.165, 1.54) is 16.0 Å². The van der Waals surface area contributed by atoms with Gasteiger partial charge in [-0.25, -0.2) is 0 Å². The summed E-state index contributed by atoms with van der Waals surface area (Å²) in [5.41, 5.74) is 2.62. The zero-order valence-electron chi connectivity index (χ0n) is 16.7. The Morgan fingerprint density at radius 1 is 0.964 bits per heavy atom. The molecule has 0 radical (unpaired) electrons. The van der Waals surface area contributed by atoms with Crippen molar-refractivity contribution in [3.05, 3.63) is 65.5 Å². The van der Waals surface area contributed by atoms with Gasteiger partial charge in [0.15, 0.2) is 5.16 Å². The molecule has 6 heteroatoms. The van der Waals surface area contributed by atoms with Crippen LogP contribution in [0.3, 0.4) is 0 Å². The maximum atomic E-state index is 5.82. The first-order chi connectivity index (χ1) is 13.7. The Labute approximate surface area is 176 Å². The van der Waals surface area contributed by atoms with Crippen molar-refractivity contribution in [2.75, 3.05) is 12.4 Å². The second-order valence-corrected chi connectivity index (χ2v) is 8.72. The molecule has 0 aliphatic rings. The summed E-state index contributed by atoms with van der Waals surface area (Å²) in [6.45, 7) is 4.98. The Kier molecular flexibility index (Phi) is 7.86. The summed E-state index contributed by atoms with van der Waals surface area (Å²) in [6, 6.07) is 16.9. The highest BCUT2D eigenvalue weighted by molar-refractivity contribution is 7.99. The zero-order chi connectivity index (χ0) is 19.8. The van der Waals surface area contributed by atoms with Crippen LogP contribution in [0.4, 0.5) is 0 Å². The Morgan fingerprint density at radius 3 is 2.43 bits per heavy atom. The highest BCUT2D eigenvalue weighted by Crippen LogP contribution is 2.24. The molecule has 1 aromatic heterocycles. The second kappa shape index (κ2) is 10.6. The standard InChI is InChI=1S/C22H27N3OS2/c1-4-18-8-10-19(11-9-18)26-14-5-15-27-22-24-23-21(25(22)3)16-28-20-12-6-17(2)7-13-20/h6-13H,4-5,14-16H2,1-3H3. The Bertz CT molecular complexity index is 860. The summed E-state index contributed by atoms with van der Waals surface area (Å²) >= 11 is 3.52. The first kappa shape index (κ1) is 20.8. The Balaban J connectivity index is 1.39. The first-order valence-electron chi connectivity index (χ1n) is 9.58. The number of hydrogen-bond acceptors (Lipinski definition) is 5. The van der Waals surface area contributed by atoms with Crippen molar-refractivity contribution in [3.8, 4) is 5.75 Å². The topological polar surface area (TPSA) is 39.9 Å². The van der Waals surface area contributed by atoms with Crippen LogP contribution in [0.2, 0.25) is 0 Å². The van der Waals surface area contributed by atoms with Crippen molar-refractivity contribution < 1.29 is 4.74 Å². The van der Waals surface area contributed by atoms with E-state index < -0.39 is 0 Å². The number of aromatic nitrogens is 3. The van der Waals surface area contributed by atoms with Gasteiger partial charge in [-0.05, 0) is 49.6 Å². The monoisotopic (exact) mass is 413 g/mol. The number of nitrogens with zero attached hydrogens (tertiary/aromatic N) is 3. The minimum Gasteiger partial charge on any atom is -0.494 e. The summed E-state index contributed by atoms with van der Waals surface area (Å²) in [5.74, 6) is 3.73. The van der Waals surface area contributed by atoms with E-state index in [1.807, 2.05) is 19.2 Å². The van der Waals surface area contributed by atoms with Gasteiger partial charge >= 0.3 is 0 Å². The molecule has 0 unspecified atom stereocenters. The van der Waals surface area contributed by atoms with Gasteiger partial charge in [0.2, 0.25) is 0 Å². The fourth-order valence-corrected chi connectivity index (χ4v) is 4.33. The van der Waals surface area contributed by atoms with Gasteiger partial charge < -0.3 is 9.30 Å². The zero-order valence-corrected chi connectivity index (χ0v) is 18.4. The number of rotatable bonds is 10. The molecule has 0 saturated heterocycles. The van der Waals surface area contributed by atoms with E-state index >= 15 is 0 Å². The van der Waals surface area contributed by atoms with E-state index in [9.17, 15) is 0 Å². The van der Waals surface area contributed by atoms with Crippen LogP contribution in [0.25, 0.3) is 0 Å². The summed E-state index contributed by atoms with van der Waals surface area (Å²) in [7, 11) is 2.04. The summed E-state index contributed by atoms with van der Waals surface area (Å²) in [6.07, 6.45) is 2.03. The minimum absolute atomic E-state index is 0.715. The molecular weight excluding hydrogens is 386 g/mol. The molecule has 0 atom stereocenters. The summed E-state index contributed by atoms with van der Waals surface area (Å²) in [4.78, 5) is 1.26. The summed E-state index contributed by atoms with van der Waals surface area (Å²) < 4.78 is 7.91. The van der Waals surface area contributed by atoms with Gasteiger partial charge in [0.25, 0.3) is 0 Å². The molecule has 148 valence electrons. The third-order valence-corrected chi connectivity index (χ3v) is 6.55. The van der Waals surface area contributed by atoms with Crippen molar-refractivity contribution in [2.24, 2.45) is 7.05 Å².